The third-order valence-corrected chi connectivity index (χ3v) is 5.71. The number of aryl methyl sites for hydroxylation is 2. The molecule has 0 bridgehead atoms. The predicted molar refractivity (Wildman–Crippen MR) is 125 cm³/mol. The number of benzene rings is 2. The summed E-state index contributed by atoms with van der Waals surface area (Å²) < 4.78 is 40.3. The molecule has 3 aromatic rings. The summed E-state index contributed by atoms with van der Waals surface area (Å²) in [5.74, 6) is -0.277. The molecule has 1 aromatic heterocycles. The minimum absolute atomic E-state index is 0.0417. The zero-order valence-electron chi connectivity index (χ0n) is 18.9. The number of nitrogens with zero attached hydrogens (tertiary/aromatic N) is 3. The first-order valence-corrected chi connectivity index (χ1v) is 11.4. The number of halogens is 3. The van der Waals surface area contributed by atoms with E-state index in [1.165, 1.54) is 23.9 Å². The number of alkyl halides is 3. The van der Waals surface area contributed by atoms with Crippen LogP contribution in [-0.4, -0.2) is 32.3 Å². The number of anilines is 2. The van der Waals surface area contributed by atoms with E-state index in [1.54, 1.807) is 4.57 Å². The quantitative estimate of drug-likeness (QED) is 0.440. The van der Waals surface area contributed by atoms with Gasteiger partial charge in [-0.1, -0.05) is 23.9 Å². The summed E-state index contributed by atoms with van der Waals surface area (Å²) in [6.45, 7) is 6.20. The van der Waals surface area contributed by atoms with Crippen molar-refractivity contribution in [2.75, 3.05) is 16.4 Å². The molecule has 0 fully saturated rings. The van der Waals surface area contributed by atoms with E-state index >= 15 is 0 Å². The highest BCUT2D eigenvalue weighted by molar-refractivity contribution is 7.99. The Morgan fingerprint density at radius 1 is 0.971 bits per heavy atom. The van der Waals surface area contributed by atoms with Crippen LogP contribution in [0, 0.1) is 13.8 Å². The Morgan fingerprint density at radius 3 is 2.29 bits per heavy atom. The smallest absolute Gasteiger partial charge is 0.326 e. The normalized spacial score (nSPS) is 11.4. The molecule has 2 amide bonds. The molecule has 0 aliphatic heterocycles. The van der Waals surface area contributed by atoms with Crippen LogP contribution in [0.5, 0.6) is 0 Å². The molecule has 7 nitrogen and oxygen atoms in total. The van der Waals surface area contributed by atoms with Crippen LogP contribution in [0.4, 0.5) is 24.5 Å². The first-order valence-electron chi connectivity index (χ1n) is 10.4. The second kappa shape index (κ2) is 10.7. The minimum atomic E-state index is -4.50. The highest BCUT2D eigenvalue weighted by Crippen LogP contribution is 2.30. The Labute approximate surface area is 199 Å². The Kier molecular flexibility index (Phi) is 7.98. The lowest BCUT2D eigenvalue weighted by molar-refractivity contribution is -0.137. The van der Waals surface area contributed by atoms with Gasteiger partial charge in [-0.05, 0) is 62.2 Å². The first kappa shape index (κ1) is 25.3. The van der Waals surface area contributed by atoms with Gasteiger partial charge in [-0.3, -0.25) is 9.59 Å². The summed E-state index contributed by atoms with van der Waals surface area (Å²) in [6, 6.07) is 10.2. The maximum atomic E-state index is 12.9. The zero-order valence-corrected chi connectivity index (χ0v) is 19.7. The number of carbonyl (C=O) groups excluding carboxylic acids is 2. The molecule has 0 spiro atoms. The van der Waals surface area contributed by atoms with Crippen LogP contribution in [0.15, 0.2) is 47.6 Å². The van der Waals surface area contributed by atoms with E-state index in [9.17, 15) is 22.8 Å². The fraction of sp³-hybridized carbons (Fsp3) is 0.304. The fourth-order valence-corrected chi connectivity index (χ4v) is 4.19. The van der Waals surface area contributed by atoms with Crippen LogP contribution in [0.25, 0.3) is 0 Å². The van der Waals surface area contributed by atoms with Crippen molar-refractivity contribution >= 4 is 35.0 Å². The van der Waals surface area contributed by atoms with Crippen molar-refractivity contribution < 1.29 is 22.8 Å². The second-order valence-electron chi connectivity index (χ2n) is 7.66. The standard InChI is InChI=1S/C23H24F3N5O2S/c1-4-31-19(12-20(32)27-17-7-5-6-16(11-17)23(24,25)26)29-30-22(31)34-13-21(33)28-18-9-14(2)8-15(3)10-18/h5-11H,4,12-13H2,1-3H3,(H,27,32)(H,28,33). The molecule has 2 aromatic carbocycles. The molecule has 0 radical (unpaired) electrons. The van der Waals surface area contributed by atoms with Crippen LogP contribution in [0.1, 0.15) is 29.4 Å². The molecule has 3 rings (SSSR count). The van der Waals surface area contributed by atoms with Gasteiger partial charge in [0.2, 0.25) is 11.8 Å². The topological polar surface area (TPSA) is 88.9 Å². The number of thioether (sulfide) groups is 1. The highest BCUT2D eigenvalue weighted by Gasteiger charge is 2.30. The molecule has 0 saturated carbocycles. The molecule has 0 aliphatic carbocycles. The predicted octanol–water partition coefficient (Wildman–Crippen LogP) is 4.85. The van der Waals surface area contributed by atoms with E-state index < -0.39 is 17.6 Å². The van der Waals surface area contributed by atoms with Gasteiger partial charge in [-0.2, -0.15) is 13.2 Å². The van der Waals surface area contributed by atoms with Crippen molar-refractivity contribution in [1.29, 1.82) is 0 Å². The van der Waals surface area contributed by atoms with Gasteiger partial charge >= 0.3 is 6.18 Å². The van der Waals surface area contributed by atoms with Crippen molar-refractivity contribution in [3.63, 3.8) is 0 Å². The molecule has 0 unspecified atom stereocenters. The van der Waals surface area contributed by atoms with Crippen LogP contribution in [0.2, 0.25) is 0 Å². The molecule has 0 saturated heterocycles. The van der Waals surface area contributed by atoms with Crippen molar-refractivity contribution in [2.24, 2.45) is 0 Å². The summed E-state index contributed by atoms with van der Waals surface area (Å²) in [5.41, 5.74) is 2.00. The molecular weight excluding hydrogens is 467 g/mol. The van der Waals surface area contributed by atoms with Crippen molar-refractivity contribution in [3.8, 4) is 0 Å². The largest absolute Gasteiger partial charge is 0.416 e. The number of amides is 2. The maximum absolute atomic E-state index is 12.9. The third kappa shape index (κ3) is 6.83. The first-order chi connectivity index (χ1) is 16.0. The van der Waals surface area contributed by atoms with E-state index in [1.807, 2.05) is 39.0 Å². The summed E-state index contributed by atoms with van der Waals surface area (Å²) in [6.07, 6.45) is -4.67. The molecule has 34 heavy (non-hydrogen) atoms. The van der Waals surface area contributed by atoms with Crippen LogP contribution < -0.4 is 10.6 Å². The molecule has 1 heterocycles. The van der Waals surface area contributed by atoms with Crippen molar-refractivity contribution in [2.45, 2.75) is 45.1 Å². The molecular formula is C23H24F3N5O2S. The van der Waals surface area contributed by atoms with Crippen LogP contribution >= 0.6 is 11.8 Å². The molecule has 0 aliphatic rings. The SMILES string of the molecule is CCn1c(CC(=O)Nc2cccc(C(F)(F)F)c2)nnc1SCC(=O)Nc1cc(C)cc(C)c1. The number of rotatable bonds is 8. The number of carbonyl (C=O) groups is 2. The molecule has 11 heteroatoms. The number of hydrogen-bond donors (Lipinski definition) is 2. The van der Waals surface area contributed by atoms with Crippen LogP contribution in [-0.2, 0) is 28.7 Å². The van der Waals surface area contributed by atoms with Gasteiger partial charge in [0.1, 0.15) is 5.82 Å². The van der Waals surface area contributed by atoms with Gasteiger partial charge in [-0.15, -0.1) is 10.2 Å². The van der Waals surface area contributed by atoms with Gasteiger partial charge < -0.3 is 15.2 Å². The average molecular weight is 492 g/mol. The number of nitrogens with one attached hydrogen (secondary N) is 2. The van der Waals surface area contributed by atoms with Crippen molar-refractivity contribution in [3.05, 3.63) is 65.0 Å². The number of aromatic nitrogens is 3. The van der Waals surface area contributed by atoms with E-state index in [-0.39, 0.29) is 23.8 Å². The zero-order chi connectivity index (χ0) is 24.9. The molecule has 0 atom stereocenters. The average Bonchev–Trinajstić information content (AvgIpc) is 3.12. The van der Waals surface area contributed by atoms with Crippen LogP contribution in [0.3, 0.4) is 0 Å². The summed E-state index contributed by atoms with van der Waals surface area (Å²) in [5, 5.41) is 13.9. The highest BCUT2D eigenvalue weighted by atomic mass is 32.2. The van der Waals surface area contributed by atoms with E-state index in [4.69, 9.17) is 0 Å². The Bertz CT molecular complexity index is 1170. The van der Waals surface area contributed by atoms with E-state index in [2.05, 4.69) is 20.8 Å². The second-order valence-corrected chi connectivity index (χ2v) is 8.60. The van der Waals surface area contributed by atoms with Gasteiger partial charge in [0.15, 0.2) is 5.16 Å². The Hall–Kier alpha value is -3.34. The van der Waals surface area contributed by atoms with Crippen molar-refractivity contribution in [1.82, 2.24) is 14.8 Å². The molecule has 180 valence electrons. The lowest BCUT2D eigenvalue weighted by Crippen LogP contribution is -2.18. The Morgan fingerprint density at radius 2 is 1.65 bits per heavy atom. The summed E-state index contributed by atoms with van der Waals surface area (Å²) in [4.78, 5) is 24.8. The van der Waals surface area contributed by atoms with E-state index in [0.717, 1.165) is 23.3 Å². The van der Waals surface area contributed by atoms with E-state index in [0.29, 0.717) is 23.2 Å². The minimum Gasteiger partial charge on any atom is -0.326 e. The van der Waals surface area contributed by atoms with Gasteiger partial charge in [0, 0.05) is 17.9 Å². The number of hydrogen-bond acceptors (Lipinski definition) is 5. The lowest BCUT2D eigenvalue weighted by atomic mass is 10.1. The van der Waals surface area contributed by atoms with Gasteiger partial charge in [-0.25, -0.2) is 0 Å². The monoisotopic (exact) mass is 491 g/mol. The summed E-state index contributed by atoms with van der Waals surface area (Å²) in [7, 11) is 0. The lowest BCUT2D eigenvalue weighted by Gasteiger charge is -2.10. The van der Waals surface area contributed by atoms with Gasteiger partial charge in [0.25, 0.3) is 0 Å². The summed E-state index contributed by atoms with van der Waals surface area (Å²) >= 11 is 1.18. The Balaban J connectivity index is 1.60. The van der Waals surface area contributed by atoms with Gasteiger partial charge in [0.05, 0.1) is 17.7 Å². The third-order valence-electron chi connectivity index (χ3n) is 4.74. The maximum Gasteiger partial charge on any atom is 0.416 e. The fourth-order valence-electron chi connectivity index (χ4n) is 3.37. The molecule has 2 N–H and O–H groups in total.